The Labute approximate surface area is 150 Å². The molecular weight excluding hydrogens is 322 g/mol. The van der Waals surface area contributed by atoms with Crippen molar-refractivity contribution in [2.24, 2.45) is 7.05 Å². The third kappa shape index (κ3) is 2.47. The zero-order valence-corrected chi connectivity index (χ0v) is 14.2. The van der Waals surface area contributed by atoms with Gasteiger partial charge < -0.3 is 4.57 Å². The van der Waals surface area contributed by atoms with Crippen LogP contribution >= 0.6 is 0 Å². The molecule has 0 unspecified atom stereocenters. The van der Waals surface area contributed by atoms with Crippen molar-refractivity contribution in [1.29, 1.82) is 5.26 Å². The van der Waals surface area contributed by atoms with Gasteiger partial charge >= 0.3 is 0 Å². The first-order valence-electron chi connectivity index (χ1n) is 8.24. The van der Waals surface area contributed by atoms with E-state index < -0.39 is 0 Å². The first-order chi connectivity index (χ1) is 12.7. The molecule has 0 bridgehead atoms. The number of hydrogen-bond acceptors (Lipinski definition) is 3. The maximum atomic E-state index is 12.6. The largest absolute Gasteiger partial charge is 0.302 e. The van der Waals surface area contributed by atoms with Gasteiger partial charge in [0.15, 0.2) is 0 Å². The van der Waals surface area contributed by atoms with Gasteiger partial charge in [-0.15, -0.1) is 0 Å². The predicted octanol–water partition coefficient (Wildman–Crippen LogP) is 4.14. The van der Waals surface area contributed by atoms with Crippen molar-refractivity contribution in [2.45, 2.75) is 0 Å². The maximum absolute atomic E-state index is 12.6. The van der Waals surface area contributed by atoms with Crippen LogP contribution in [0.15, 0.2) is 77.7 Å². The second-order valence-corrected chi connectivity index (χ2v) is 6.04. The monoisotopic (exact) mass is 337 g/mol. The first kappa shape index (κ1) is 15.8. The highest BCUT2D eigenvalue weighted by Crippen LogP contribution is 2.31. The lowest BCUT2D eigenvalue weighted by Gasteiger charge is -2.13. The molecule has 0 saturated heterocycles. The van der Waals surface area contributed by atoms with Gasteiger partial charge in [-0.05, 0) is 34.7 Å². The summed E-state index contributed by atoms with van der Waals surface area (Å²) in [5.41, 5.74) is 3.57. The maximum Gasteiger partial charge on any atom is 0.259 e. The first-order valence-corrected chi connectivity index (χ1v) is 8.24. The summed E-state index contributed by atoms with van der Waals surface area (Å²) in [6, 6.07) is 23.4. The second-order valence-electron chi connectivity index (χ2n) is 6.04. The van der Waals surface area contributed by atoms with E-state index in [4.69, 9.17) is 0 Å². The van der Waals surface area contributed by atoms with Crippen LogP contribution in [0.2, 0.25) is 0 Å². The summed E-state index contributed by atoms with van der Waals surface area (Å²) in [5.74, 6) is 0. The van der Waals surface area contributed by atoms with Crippen molar-refractivity contribution in [1.82, 2.24) is 9.55 Å². The predicted molar refractivity (Wildman–Crippen MR) is 103 cm³/mol. The van der Waals surface area contributed by atoms with Gasteiger partial charge in [0.2, 0.25) is 0 Å². The Balaban J connectivity index is 2.06. The molecule has 0 fully saturated rings. The van der Waals surface area contributed by atoms with E-state index in [0.29, 0.717) is 22.3 Å². The molecule has 4 rings (SSSR count). The van der Waals surface area contributed by atoms with Gasteiger partial charge in [-0.25, -0.2) is 0 Å². The molecule has 0 amide bonds. The molecule has 0 saturated carbocycles. The van der Waals surface area contributed by atoms with Crippen LogP contribution in [-0.4, -0.2) is 9.55 Å². The van der Waals surface area contributed by atoms with E-state index in [9.17, 15) is 10.1 Å². The van der Waals surface area contributed by atoms with Crippen LogP contribution in [0.1, 0.15) is 5.69 Å². The summed E-state index contributed by atoms with van der Waals surface area (Å²) < 4.78 is 1.40. The molecule has 2 aromatic heterocycles. The number of aromatic nitrogens is 2. The standard InChI is InChI=1S/C22H15N3O/c1-25-20(14-23)21(17-9-5-6-10-18(17)22(25)26)19-13-16(11-12-24-19)15-7-3-2-4-8-15/h2-13H,1H3. The van der Waals surface area contributed by atoms with Gasteiger partial charge in [0.1, 0.15) is 11.8 Å². The smallest absolute Gasteiger partial charge is 0.259 e. The van der Waals surface area contributed by atoms with E-state index in [1.807, 2.05) is 60.7 Å². The summed E-state index contributed by atoms with van der Waals surface area (Å²) in [7, 11) is 1.62. The number of rotatable bonds is 2. The van der Waals surface area contributed by atoms with E-state index in [2.05, 4.69) is 11.1 Å². The van der Waals surface area contributed by atoms with E-state index in [1.54, 1.807) is 19.3 Å². The molecule has 0 N–H and O–H groups in total. The van der Waals surface area contributed by atoms with Crippen molar-refractivity contribution >= 4 is 10.8 Å². The molecule has 0 aliphatic heterocycles. The van der Waals surface area contributed by atoms with Crippen LogP contribution in [0.25, 0.3) is 33.2 Å². The highest BCUT2D eigenvalue weighted by Gasteiger charge is 2.17. The summed E-state index contributed by atoms with van der Waals surface area (Å²) in [6.45, 7) is 0. The average molecular weight is 337 g/mol. The zero-order chi connectivity index (χ0) is 18.1. The van der Waals surface area contributed by atoms with Gasteiger partial charge in [0.05, 0.1) is 5.69 Å². The molecule has 0 aliphatic carbocycles. The fourth-order valence-corrected chi connectivity index (χ4v) is 3.23. The molecule has 0 spiro atoms. The number of pyridine rings is 2. The molecule has 2 aromatic carbocycles. The summed E-state index contributed by atoms with van der Waals surface area (Å²) in [5, 5.41) is 11.0. The van der Waals surface area contributed by atoms with Crippen molar-refractivity contribution < 1.29 is 0 Å². The SMILES string of the molecule is Cn1c(C#N)c(-c2cc(-c3ccccc3)ccn2)c2ccccc2c1=O. The van der Waals surface area contributed by atoms with Gasteiger partial charge in [0, 0.05) is 24.2 Å². The highest BCUT2D eigenvalue weighted by molar-refractivity contribution is 5.97. The van der Waals surface area contributed by atoms with E-state index in [1.165, 1.54) is 4.57 Å². The van der Waals surface area contributed by atoms with Gasteiger partial charge in [-0.2, -0.15) is 5.26 Å². The van der Waals surface area contributed by atoms with Crippen molar-refractivity contribution in [2.75, 3.05) is 0 Å². The third-order valence-electron chi connectivity index (χ3n) is 4.53. The molecule has 0 aliphatic rings. The quantitative estimate of drug-likeness (QED) is 0.552. The van der Waals surface area contributed by atoms with Crippen LogP contribution in [0.3, 0.4) is 0 Å². The van der Waals surface area contributed by atoms with E-state index in [-0.39, 0.29) is 5.56 Å². The Hall–Kier alpha value is -3.71. The molecule has 124 valence electrons. The molecular formula is C22H15N3O. The highest BCUT2D eigenvalue weighted by atomic mass is 16.1. The van der Waals surface area contributed by atoms with Gasteiger partial charge in [-0.3, -0.25) is 9.78 Å². The Morgan fingerprint density at radius 3 is 2.35 bits per heavy atom. The lowest BCUT2D eigenvalue weighted by atomic mass is 9.98. The fourth-order valence-electron chi connectivity index (χ4n) is 3.23. The van der Waals surface area contributed by atoms with Crippen LogP contribution in [-0.2, 0) is 7.05 Å². The van der Waals surface area contributed by atoms with Crippen molar-refractivity contribution in [3.05, 3.63) is 89.0 Å². The topological polar surface area (TPSA) is 58.7 Å². The average Bonchev–Trinajstić information content (AvgIpc) is 2.71. The Morgan fingerprint density at radius 2 is 1.62 bits per heavy atom. The number of nitrogens with zero attached hydrogens (tertiary/aromatic N) is 3. The number of benzene rings is 2. The molecule has 2 heterocycles. The lowest BCUT2D eigenvalue weighted by Crippen LogP contribution is -2.20. The van der Waals surface area contributed by atoms with Gasteiger partial charge in [-0.1, -0.05) is 48.5 Å². The normalized spacial score (nSPS) is 10.6. The van der Waals surface area contributed by atoms with Crippen molar-refractivity contribution in [3.63, 3.8) is 0 Å². The fraction of sp³-hybridized carbons (Fsp3) is 0.0455. The minimum Gasteiger partial charge on any atom is -0.302 e. The Kier molecular flexibility index (Phi) is 3.83. The molecule has 4 heteroatoms. The lowest BCUT2D eigenvalue weighted by molar-refractivity contribution is 0.856. The zero-order valence-electron chi connectivity index (χ0n) is 14.2. The molecule has 0 atom stereocenters. The third-order valence-corrected chi connectivity index (χ3v) is 4.53. The number of nitriles is 1. The van der Waals surface area contributed by atoms with Crippen LogP contribution in [0.4, 0.5) is 0 Å². The van der Waals surface area contributed by atoms with Crippen LogP contribution in [0.5, 0.6) is 0 Å². The molecule has 4 nitrogen and oxygen atoms in total. The van der Waals surface area contributed by atoms with Gasteiger partial charge in [0.25, 0.3) is 5.56 Å². The Morgan fingerprint density at radius 1 is 0.923 bits per heavy atom. The molecule has 0 radical (unpaired) electrons. The number of fused-ring (bicyclic) bond motifs is 1. The number of hydrogen-bond donors (Lipinski definition) is 0. The van der Waals surface area contributed by atoms with Crippen LogP contribution in [0, 0.1) is 11.3 Å². The minimum atomic E-state index is -0.180. The summed E-state index contributed by atoms with van der Waals surface area (Å²) in [6.07, 6.45) is 1.73. The summed E-state index contributed by atoms with van der Waals surface area (Å²) >= 11 is 0. The second kappa shape index (κ2) is 6.30. The van der Waals surface area contributed by atoms with Crippen molar-refractivity contribution in [3.8, 4) is 28.5 Å². The minimum absolute atomic E-state index is 0.180. The van der Waals surface area contributed by atoms with E-state index in [0.717, 1.165) is 16.5 Å². The Bertz CT molecular complexity index is 1220. The van der Waals surface area contributed by atoms with Crippen LogP contribution < -0.4 is 5.56 Å². The molecule has 26 heavy (non-hydrogen) atoms. The molecule has 4 aromatic rings. The van der Waals surface area contributed by atoms with E-state index >= 15 is 0 Å². The summed E-state index contributed by atoms with van der Waals surface area (Å²) in [4.78, 5) is 17.1.